The van der Waals surface area contributed by atoms with E-state index in [2.05, 4.69) is 5.32 Å². The normalized spacial score (nSPS) is 9.77. The number of nitrogens with two attached hydrogens (primary N) is 1. The Morgan fingerprint density at radius 1 is 1.54 bits per heavy atom. The van der Waals surface area contributed by atoms with Crippen molar-refractivity contribution in [1.82, 2.24) is 0 Å². The number of anilines is 2. The lowest BCUT2D eigenvalue weighted by molar-refractivity contribution is -0.114. The van der Waals surface area contributed by atoms with Gasteiger partial charge in [0.25, 0.3) is 0 Å². The van der Waals surface area contributed by atoms with Crippen LogP contribution in [0.15, 0.2) is 12.1 Å². The molecule has 0 atom stereocenters. The summed E-state index contributed by atoms with van der Waals surface area (Å²) in [5.74, 6) is -0.125. The van der Waals surface area contributed by atoms with Gasteiger partial charge >= 0.3 is 0 Å². The van der Waals surface area contributed by atoms with Crippen molar-refractivity contribution in [2.45, 2.75) is 13.8 Å². The molecule has 0 unspecified atom stereocenters. The molecule has 0 aliphatic heterocycles. The molecule has 4 heteroatoms. The number of hydrogen-bond acceptors (Lipinski definition) is 2. The average molecular weight is 199 g/mol. The molecule has 0 spiro atoms. The summed E-state index contributed by atoms with van der Waals surface area (Å²) in [4.78, 5) is 10.7. The monoisotopic (exact) mass is 198 g/mol. The molecule has 3 nitrogen and oxygen atoms in total. The number of carbonyl (C=O) groups is 1. The molecular formula is C9H11ClN2O. The van der Waals surface area contributed by atoms with E-state index in [1.165, 1.54) is 6.92 Å². The molecular weight excluding hydrogens is 188 g/mol. The molecule has 0 saturated heterocycles. The second-order valence-electron chi connectivity index (χ2n) is 2.87. The minimum Gasteiger partial charge on any atom is -0.397 e. The third kappa shape index (κ3) is 2.36. The van der Waals surface area contributed by atoms with Gasteiger partial charge in [-0.3, -0.25) is 4.79 Å². The molecule has 3 N–H and O–H groups in total. The Kier molecular flexibility index (Phi) is 2.78. The third-order valence-corrected chi connectivity index (χ3v) is 1.97. The van der Waals surface area contributed by atoms with E-state index in [-0.39, 0.29) is 5.91 Å². The maximum atomic E-state index is 10.7. The van der Waals surface area contributed by atoms with Crippen molar-refractivity contribution < 1.29 is 4.79 Å². The van der Waals surface area contributed by atoms with Gasteiger partial charge in [-0.1, -0.05) is 11.6 Å². The average Bonchev–Trinajstić information content (AvgIpc) is 1.98. The largest absolute Gasteiger partial charge is 0.397 e. The third-order valence-electron chi connectivity index (χ3n) is 1.66. The van der Waals surface area contributed by atoms with Crippen LogP contribution in [0.2, 0.25) is 5.02 Å². The van der Waals surface area contributed by atoms with Gasteiger partial charge in [-0.15, -0.1) is 0 Å². The molecule has 0 aliphatic carbocycles. The molecule has 0 aromatic heterocycles. The number of amides is 1. The molecule has 0 heterocycles. The zero-order valence-electron chi connectivity index (χ0n) is 7.52. The number of nitrogens with one attached hydrogen (secondary N) is 1. The summed E-state index contributed by atoms with van der Waals surface area (Å²) in [6.07, 6.45) is 0. The van der Waals surface area contributed by atoms with Crippen LogP contribution in [0.5, 0.6) is 0 Å². The van der Waals surface area contributed by atoms with Crippen LogP contribution < -0.4 is 11.1 Å². The van der Waals surface area contributed by atoms with E-state index in [0.717, 1.165) is 5.56 Å². The minimum absolute atomic E-state index is 0.125. The lowest BCUT2D eigenvalue weighted by Crippen LogP contribution is -2.06. The highest BCUT2D eigenvalue weighted by molar-refractivity contribution is 6.33. The van der Waals surface area contributed by atoms with Gasteiger partial charge in [-0.2, -0.15) is 0 Å². The highest BCUT2D eigenvalue weighted by Crippen LogP contribution is 2.26. The Labute approximate surface area is 81.9 Å². The van der Waals surface area contributed by atoms with Gasteiger partial charge in [-0.05, 0) is 24.6 Å². The van der Waals surface area contributed by atoms with Crippen molar-refractivity contribution in [3.05, 3.63) is 22.7 Å². The van der Waals surface area contributed by atoms with Gasteiger partial charge in [0.1, 0.15) is 0 Å². The van der Waals surface area contributed by atoms with Crippen LogP contribution in [0.4, 0.5) is 11.4 Å². The van der Waals surface area contributed by atoms with E-state index in [9.17, 15) is 4.79 Å². The quantitative estimate of drug-likeness (QED) is 0.680. The van der Waals surface area contributed by atoms with Crippen molar-refractivity contribution in [3.63, 3.8) is 0 Å². The van der Waals surface area contributed by atoms with Crippen LogP contribution in [-0.2, 0) is 4.79 Å². The summed E-state index contributed by atoms with van der Waals surface area (Å²) in [6, 6.07) is 3.41. The van der Waals surface area contributed by atoms with Crippen LogP contribution in [0.25, 0.3) is 0 Å². The Morgan fingerprint density at radius 2 is 2.15 bits per heavy atom. The molecule has 0 radical (unpaired) electrons. The summed E-state index contributed by atoms with van der Waals surface area (Å²) in [5.41, 5.74) is 7.72. The highest BCUT2D eigenvalue weighted by Gasteiger charge is 2.03. The molecule has 0 saturated carbocycles. The molecule has 70 valence electrons. The molecule has 0 fully saturated rings. The second kappa shape index (κ2) is 3.66. The van der Waals surface area contributed by atoms with E-state index in [1.54, 1.807) is 12.1 Å². The van der Waals surface area contributed by atoms with Crippen LogP contribution in [-0.4, -0.2) is 5.91 Å². The summed E-state index contributed by atoms with van der Waals surface area (Å²) < 4.78 is 0. The Morgan fingerprint density at radius 3 is 2.62 bits per heavy atom. The van der Waals surface area contributed by atoms with E-state index >= 15 is 0 Å². The number of carbonyl (C=O) groups excluding carboxylic acids is 1. The minimum atomic E-state index is -0.125. The van der Waals surface area contributed by atoms with E-state index in [4.69, 9.17) is 17.3 Å². The van der Waals surface area contributed by atoms with Crippen molar-refractivity contribution in [1.29, 1.82) is 0 Å². The fourth-order valence-electron chi connectivity index (χ4n) is 1.03. The molecule has 13 heavy (non-hydrogen) atoms. The lowest BCUT2D eigenvalue weighted by Gasteiger charge is -2.07. The van der Waals surface area contributed by atoms with E-state index in [1.807, 2.05) is 6.92 Å². The molecule has 1 rings (SSSR count). The second-order valence-corrected chi connectivity index (χ2v) is 3.28. The predicted molar refractivity (Wildman–Crippen MR) is 54.9 cm³/mol. The first kappa shape index (κ1) is 9.86. The summed E-state index contributed by atoms with van der Waals surface area (Å²) in [5, 5.41) is 3.10. The number of hydrogen-bond donors (Lipinski definition) is 2. The molecule has 1 aromatic carbocycles. The Bertz CT molecular complexity index is 326. The summed E-state index contributed by atoms with van der Waals surface area (Å²) >= 11 is 5.83. The van der Waals surface area contributed by atoms with Crippen LogP contribution in [0, 0.1) is 6.92 Å². The van der Waals surface area contributed by atoms with Crippen molar-refractivity contribution >= 4 is 28.9 Å². The number of aryl methyl sites for hydroxylation is 1. The number of halogens is 1. The van der Waals surface area contributed by atoms with Gasteiger partial charge < -0.3 is 11.1 Å². The zero-order valence-corrected chi connectivity index (χ0v) is 8.27. The van der Waals surface area contributed by atoms with E-state index in [0.29, 0.717) is 16.4 Å². The molecule has 1 amide bonds. The topological polar surface area (TPSA) is 55.1 Å². The fraction of sp³-hybridized carbons (Fsp3) is 0.222. The number of rotatable bonds is 1. The van der Waals surface area contributed by atoms with Crippen molar-refractivity contribution in [3.8, 4) is 0 Å². The smallest absolute Gasteiger partial charge is 0.221 e. The Hall–Kier alpha value is -1.22. The first-order valence-electron chi connectivity index (χ1n) is 3.84. The van der Waals surface area contributed by atoms with Gasteiger partial charge in [0, 0.05) is 12.6 Å². The summed E-state index contributed by atoms with van der Waals surface area (Å²) in [7, 11) is 0. The highest BCUT2D eigenvalue weighted by atomic mass is 35.5. The number of nitrogen functional groups attached to an aromatic ring is 1. The zero-order chi connectivity index (χ0) is 10.0. The first-order valence-corrected chi connectivity index (χ1v) is 4.21. The van der Waals surface area contributed by atoms with Gasteiger partial charge in [-0.25, -0.2) is 0 Å². The SMILES string of the molecule is CC(=O)Nc1cc(C)c(N)c(Cl)c1. The Balaban J connectivity index is 3.06. The van der Waals surface area contributed by atoms with E-state index < -0.39 is 0 Å². The van der Waals surface area contributed by atoms with Crippen molar-refractivity contribution in [2.24, 2.45) is 0 Å². The maximum Gasteiger partial charge on any atom is 0.221 e. The molecule has 0 bridgehead atoms. The summed E-state index contributed by atoms with van der Waals surface area (Å²) in [6.45, 7) is 3.28. The van der Waals surface area contributed by atoms with Crippen LogP contribution in [0.3, 0.4) is 0 Å². The van der Waals surface area contributed by atoms with Crippen molar-refractivity contribution in [2.75, 3.05) is 11.1 Å². The van der Waals surface area contributed by atoms with Gasteiger partial charge in [0.2, 0.25) is 5.91 Å². The van der Waals surface area contributed by atoms with Gasteiger partial charge in [0.05, 0.1) is 10.7 Å². The van der Waals surface area contributed by atoms with Gasteiger partial charge in [0.15, 0.2) is 0 Å². The first-order chi connectivity index (χ1) is 6.00. The maximum absolute atomic E-state index is 10.7. The fourth-order valence-corrected chi connectivity index (χ4v) is 1.30. The lowest BCUT2D eigenvalue weighted by atomic mass is 10.2. The van der Waals surface area contributed by atoms with Crippen LogP contribution in [0.1, 0.15) is 12.5 Å². The standard InChI is InChI=1S/C9H11ClN2O/c1-5-3-7(12-6(2)13)4-8(10)9(5)11/h3-4H,11H2,1-2H3,(H,12,13). The molecule has 0 aliphatic rings. The number of benzene rings is 1. The molecule has 1 aromatic rings. The van der Waals surface area contributed by atoms with Crippen LogP contribution >= 0.6 is 11.6 Å². The predicted octanol–water partition coefficient (Wildman–Crippen LogP) is 2.19.